The number of amides is 1. The van der Waals surface area contributed by atoms with E-state index in [1.807, 2.05) is 30.3 Å². The van der Waals surface area contributed by atoms with Crippen molar-refractivity contribution in [2.24, 2.45) is 0 Å². The van der Waals surface area contributed by atoms with Crippen molar-refractivity contribution in [1.82, 2.24) is 4.90 Å². The highest BCUT2D eigenvalue weighted by Gasteiger charge is 2.19. The van der Waals surface area contributed by atoms with Crippen LogP contribution in [0.4, 0.5) is 0 Å². The Morgan fingerprint density at radius 3 is 2.59 bits per heavy atom. The molecule has 4 heteroatoms. The molecule has 1 aliphatic heterocycles. The van der Waals surface area contributed by atoms with Crippen LogP contribution < -0.4 is 0 Å². The van der Waals surface area contributed by atoms with E-state index in [2.05, 4.69) is 18.2 Å². The lowest BCUT2D eigenvalue weighted by molar-refractivity contribution is -0.127. The standard InChI is InChI=1S/C18H19NO2S/c20-15-10-12-19(13-11-15)18(21)9-7-16-6-8-17(22-16)14-4-2-1-3-5-14/h1-9,15,20H,10-13H2/b9-7+. The first kappa shape index (κ1) is 15.0. The second-order valence-electron chi connectivity index (χ2n) is 5.46. The quantitative estimate of drug-likeness (QED) is 0.882. The van der Waals surface area contributed by atoms with E-state index >= 15 is 0 Å². The fourth-order valence-corrected chi connectivity index (χ4v) is 3.46. The minimum atomic E-state index is -0.251. The van der Waals surface area contributed by atoms with E-state index in [1.165, 1.54) is 10.4 Å². The van der Waals surface area contributed by atoms with Crippen molar-refractivity contribution < 1.29 is 9.90 Å². The largest absolute Gasteiger partial charge is 0.393 e. The van der Waals surface area contributed by atoms with Gasteiger partial charge in [0.1, 0.15) is 0 Å². The predicted octanol–water partition coefficient (Wildman–Crippen LogP) is 3.41. The predicted molar refractivity (Wildman–Crippen MR) is 90.6 cm³/mol. The molecule has 0 aliphatic carbocycles. The molecule has 0 bridgehead atoms. The van der Waals surface area contributed by atoms with E-state index in [1.54, 1.807) is 22.3 Å². The molecule has 0 spiro atoms. The van der Waals surface area contributed by atoms with Crippen LogP contribution >= 0.6 is 11.3 Å². The van der Waals surface area contributed by atoms with Gasteiger partial charge in [-0.2, -0.15) is 0 Å². The number of piperidine rings is 1. The van der Waals surface area contributed by atoms with Crippen molar-refractivity contribution >= 4 is 23.3 Å². The van der Waals surface area contributed by atoms with Crippen LogP contribution in [0.5, 0.6) is 0 Å². The number of benzene rings is 1. The molecule has 2 heterocycles. The van der Waals surface area contributed by atoms with Crippen LogP contribution in [0, 0.1) is 0 Å². The Morgan fingerprint density at radius 1 is 1.14 bits per heavy atom. The van der Waals surface area contributed by atoms with Gasteiger partial charge in [0.2, 0.25) is 5.91 Å². The van der Waals surface area contributed by atoms with Crippen molar-refractivity contribution in [2.75, 3.05) is 13.1 Å². The summed E-state index contributed by atoms with van der Waals surface area (Å²) in [6.45, 7) is 1.29. The summed E-state index contributed by atoms with van der Waals surface area (Å²) < 4.78 is 0. The first-order valence-electron chi connectivity index (χ1n) is 7.53. The van der Waals surface area contributed by atoms with Crippen LogP contribution in [0.15, 0.2) is 48.5 Å². The maximum Gasteiger partial charge on any atom is 0.246 e. The number of aliphatic hydroxyl groups excluding tert-OH is 1. The molecular formula is C18H19NO2S. The number of aliphatic hydroxyl groups is 1. The third-order valence-corrected chi connectivity index (χ3v) is 4.95. The van der Waals surface area contributed by atoms with Gasteiger partial charge in [-0.05, 0) is 36.6 Å². The zero-order valence-corrected chi connectivity index (χ0v) is 13.1. The lowest BCUT2D eigenvalue weighted by atomic mass is 10.1. The molecule has 1 amide bonds. The topological polar surface area (TPSA) is 40.5 Å². The highest BCUT2D eigenvalue weighted by molar-refractivity contribution is 7.16. The van der Waals surface area contributed by atoms with Crippen LogP contribution in [0.25, 0.3) is 16.5 Å². The monoisotopic (exact) mass is 313 g/mol. The molecule has 1 saturated heterocycles. The van der Waals surface area contributed by atoms with Crippen molar-refractivity contribution in [1.29, 1.82) is 0 Å². The summed E-state index contributed by atoms with van der Waals surface area (Å²) in [6, 6.07) is 14.4. The molecule has 22 heavy (non-hydrogen) atoms. The Labute approximate surface area is 134 Å². The summed E-state index contributed by atoms with van der Waals surface area (Å²) in [4.78, 5) is 16.2. The smallest absolute Gasteiger partial charge is 0.246 e. The number of nitrogens with zero attached hydrogens (tertiary/aromatic N) is 1. The third kappa shape index (κ3) is 3.64. The molecule has 2 aromatic rings. The van der Waals surface area contributed by atoms with E-state index in [-0.39, 0.29) is 12.0 Å². The van der Waals surface area contributed by atoms with Gasteiger partial charge in [0, 0.05) is 28.9 Å². The van der Waals surface area contributed by atoms with E-state index in [0.29, 0.717) is 25.9 Å². The molecule has 3 rings (SSSR count). The van der Waals surface area contributed by atoms with Crippen LogP contribution in [-0.2, 0) is 4.79 Å². The van der Waals surface area contributed by atoms with Gasteiger partial charge in [-0.15, -0.1) is 11.3 Å². The summed E-state index contributed by atoms with van der Waals surface area (Å²) in [5.41, 5.74) is 1.20. The SMILES string of the molecule is O=C(/C=C/c1ccc(-c2ccccc2)s1)N1CCC(O)CC1. The second kappa shape index (κ2) is 6.90. The number of hydrogen-bond acceptors (Lipinski definition) is 3. The van der Waals surface area contributed by atoms with Gasteiger partial charge in [-0.3, -0.25) is 4.79 Å². The fraction of sp³-hybridized carbons (Fsp3) is 0.278. The van der Waals surface area contributed by atoms with E-state index in [0.717, 1.165) is 4.88 Å². The van der Waals surface area contributed by atoms with Crippen molar-refractivity contribution in [3.63, 3.8) is 0 Å². The fourth-order valence-electron chi connectivity index (χ4n) is 2.55. The molecular weight excluding hydrogens is 294 g/mol. The van der Waals surface area contributed by atoms with Gasteiger partial charge in [0.25, 0.3) is 0 Å². The second-order valence-corrected chi connectivity index (χ2v) is 6.57. The average molecular weight is 313 g/mol. The highest BCUT2D eigenvalue weighted by atomic mass is 32.1. The molecule has 0 radical (unpaired) electrons. The molecule has 1 N–H and O–H groups in total. The minimum Gasteiger partial charge on any atom is -0.393 e. The number of thiophene rings is 1. The number of carbonyl (C=O) groups excluding carboxylic acids is 1. The lowest BCUT2D eigenvalue weighted by Crippen LogP contribution is -2.39. The first-order chi connectivity index (χ1) is 10.7. The van der Waals surface area contributed by atoms with Gasteiger partial charge in [0.05, 0.1) is 6.10 Å². The third-order valence-electron chi connectivity index (χ3n) is 3.85. The summed E-state index contributed by atoms with van der Waals surface area (Å²) in [7, 11) is 0. The van der Waals surface area contributed by atoms with Gasteiger partial charge in [0.15, 0.2) is 0 Å². The Morgan fingerprint density at radius 2 is 1.86 bits per heavy atom. The zero-order chi connectivity index (χ0) is 15.4. The molecule has 1 aromatic heterocycles. The molecule has 1 aromatic carbocycles. The Balaban J connectivity index is 1.63. The summed E-state index contributed by atoms with van der Waals surface area (Å²) >= 11 is 1.68. The molecule has 0 atom stereocenters. The van der Waals surface area contributed by atoms with Crippen molar-refractivity contribution in [3.05, 3.63) is 53.4 Å². The molecule has 3 nitrogen and oxygen atoms in total. The average Bonchev–Trinajstić information content (AvgIpc) is 3.03. The van der Waals surface area contributed by atoms with E-state index in [4.69, 9.17) is 0 Å². The summed E-state index contributed by atoms with van der Waals surface area (Å²) in [6.07, 6.45) is 4.62. The van der Waals surface area contributed by atoms with Crippen LogP contribution in [0.3, 0.4) is 0 Å². The zero-order valence-electron chi connectivity index (χ0n) is 12.3. The van der Waals surface area contributed by atoms with Crippen molar-refractivity contribution in [2.45, 2.75) is 18.9 Å². The first-order valence-corrected chi connectivity index (χ1v) is 8.34. The lowest BCUT2D eigenvalue weighted by Gasteiger charge is -2.28. The van der Waals surface area contributed by atoms with Crippen LogP contribution in [0.2, 0.25) is 0 Å². The summed E-state index contributed by atoms with van der Waals surface area (Å²) in [5, 5.41) is 9.47. The number of likely N-dealkylation sites (tertiary alicyclic amines) is 1. The molecule has 1 aliphatic rings. The van der Waals surface area contributed by atoms with Gasteiger partial charge < -0.3 is 10.0 Å². The van der Waals surface area contributed by atoms with Gasteiger partial charge in [-0.25, -0.2) is 0 Å². The maximum absolute atomic E-state index is 12.1. The van der Waals surface area contributed by atoms with E-state index in [9.17, 15) is 9.90 Å². The number of rotatable bonds is 3. The van der Waals surface area contributed by atoms with Crippen LogP contribution in [0.1, 0.15) is 17.7 Å². The number of carbonyl (C=O) groups is 1. The van der Waals surface area contributed by atoms with E-state index < -0.39 is 0 Å². The molecule has 0 saturated carbocycles. The Hall–Kier alpha value is -1.91. The van der Waals surface area contributed by atoms with Crippen molar-refractivity contribution in [3.8, 4) is 10.4 Å². The molecule has 114 valence electrons. The molecule has 1 fully saturated rings. The van der Waals surface area contributed by atoms with Gasteiger partial charge >= 0.3 is 0 Å². The summed E-state index contributed by atoms with van der Waals surface area (Å²) in [5.74, 6) is 0.0292. The highest BCUT2D eigenvalue weighted by Crippen LogP contribution is 2.28. The Bertz CT molecular complexity index is 655. The van der Waals surface area contributed by atoms with Gasteiger partial charge in [-0.1, -0.05) is 30.3 Å². The van der Waals surface area contributed by atoms with Crippen LogP contribution in [-0.4, -0.2) is 35.1 Å². The Kier molecular flexibility index (Phi) is 4.71. The normalized spacial score (nSPS) is 16.3. The molecule has 0 unspecified atom stereocenters. The maximum atomic E-state index is 12.1. The minimum absolute atomic E-state index is 0.0292. The number of hydrogen-bond donors (Lipinski definition) is 1.